The van der Waals surface area contributed by atoms with Crippen molar-refractivity contribution >= 4 is 17.0 Å². The summed E-state index contributed by atoms with van der Waals surface area (Å²) in [4.78, 5) is 19.6. The summed E-state index contributed by atoms with van der Waals surface area (Å²) in [5, 5.41) is 0. The third kappa shape index (κ3) is 1.38. The molecule has 0 spiro atoms. The number of rotatable bonds is 2. The minimum absolute atomic E-state index is 0.134. The van der Waals surface area contributed by atoms with E-state index in [1.807, 2.05) is 25.1 Å². The molecule has 18 heavy (non-hydrogen) atoms. The second-order valence-corrected chi connectivity index (χ2v) is 5.12. The van der Waals surface area contributed by atoms with Crippen LogP contribution in [-0.4, -0.2) is 23.0 Å². The molecular weight excluding hydrogens is 228 g/mol. The van der Waals surface area contributed by atoms with Crippen LogP contribution in [0.4, 0.5) is 0 Å². The van der Waals surface area contributed by atoms with Crippen molar-refractivity contribution in [3.63, 3.8) is 0 Å². The maximum atomic E-state index is 12.0. The molecule has 2 aromatic rings. The van der Waals surface area contributed by atoms with Crippen LogP contribution < -0.4 is 0 Å². The van der Waals surface area contributed by atoms with Crippen LogP contribution in [0.3, 0.4) is 0 Å². The van der Waals surface area contributed by atoms with Crippen molar-refractivity contribution in [1.82, 2.24) is 9.97 Å². The van der Waals surface area contributed by atoms with Gasteiger partial charge in [-0.25, -0.2) is 4.98 Å². The number of imidazole rings is 1. The highest BCUT2D eigenvalue weighted by molar-refractivity contribution is 5.89. The second kappa shape index (κ2) is 3.57. The number of benzene rings is 1. The van der Waals surface area contributed by atoms with Gasteiger partial charge in [-0.05, 0) is 37.0 Å². The number of hydrogen-bond donors (Lipinski definition) is 1. The van der Waals surface area contributed by atoms with E-state index in [0.717, 1.165) is 28.8 Å². The fraction of sp³-hybridized carbons (Fsp3) is 0.429. The van der Waals surface area contributed by atoms with Crippen molar-refractivity contribution in [3.05, 3.63) is 29.6 Å². The van der Waals surface area contributed by atoms with Crippen LogP contribution in [0.1, 0.15) is 24.7 Å². The first-order chi connectivity index (χ1) is 8.57. The summed E-state index contributed by atoms with van der Waals surface area (Å²) in [6, 6.07) is 5.97. The summed E-state index contributed by atoms with van der Waals surface area (Å²) in [7, 11) is 1.45. The number of aryl methyl sites for hydroxylation is 1. The third-order valence-electron chi connectivity index (χ3n) is 3.97. The first kappa shape index (κ1) is 11.3. The Labute approximate surface area is 105 Å². The predicted molar refractivity (Wildman–Crippen MR) is 68.3 cm³/mol. The molecule has 2 unspecified atom stereocenters. The van der Waals surface area contributed by atoms with Crippen LogP contribution in [0.2, 0.25) is 0 Å². The Bertz CT molecular complexity index is 632. The second-order valence-electron chi connectivity index (χ2n) is 5.12. The number of nitrogens with zero attached hydrogens (tertiary/aromatic N) is 1. The molecule has 0 aliphatic heterocycles. The zero-order chi connectivity index (χ0) is 12.9. The summed E-state index contributed by atoms with van der Waals surface area (Å²) in [6.07, 6.45) is 0.859. The van der Waals surface area contributed by atoms with Crippen molar-refractivity contribution in [1.29, 1.82) is 0 Å². The Morgan fingerprint density at radius 3 is 2.89 bits per heavy atom. The van der Waals surface area contributed by atoms with Gasteiger partial charge in [0.05, 0.1) is 23.6 Å². The van der Waals surface area contributed by atoms with E-state index in [1.165, 1.54) is 7.11 Å². The molecule has 1 fully saturated rings. The number of aromatic amines is 1. The quantitative estimate of drug-likeness (QED) is 0.825. The summed E-state index contributed by atoms with van der Waals surface area (Å²) in [6.45, 7) is 4.01. The van der Waals surface area contributed by atoms with Gasteiger partial charge >= 0.3 is 5.97 Å². The van der Waals surface area contributed by atoms with Crippen molar-refractivity contribution in [3.8, 4) is 0 Å². The summed E-state index contributed by atoms with van der Waals surface area (Å²) in [5.74, 6) is 1.09. The van der Waals surface area contributed by atoms with Gasteiger partial charge in [0, 0.05) is 0 Å². The molecule has 1 aromatic heterocycles. The molecule has 0 radical (unpaired) electrons. The van der Waals surface area contributed by atoms with Crippen LogP contribution >= 0.6 is 0 Å². The molecule has 94 valence electrons. The number of methoxy groups -OCH3 is 1. The molecule has 4 nitrogen and oxygen atoms in total. The molecule has 1 N–H and O–H groups in total. The Hall–Kier alpha value is -1.84. The largest absolute Gasteiger partial charge is 0.468 e. The van der Waals surface area contributed by atoms with E-state index in [-0.39, 0.29) is 5.97 Å². The summed E-state index contributed by atoms with van der Waals surface area (Å²) in [5.41, 5.74) is 2.50. The van der Waals surface area contributed by atoms with E-state index in [2.05, 4.69) is 16.9 Å². The molecule has 1 aromatic carbocycles. The van der Waals surface area contributed by atoms with Crippen molar-refractivity contribution in [2.75, 3.05) is 7.11 Å². The van der Waals surface area contributed by atoms with Gasteiger partial charge in [0.1, 0.15) is 5.82 Å². The van der Waals surface area contributed by atoms with Crippen molar-refractivity contribution in [2.24, 2.45) is 5.92 Å². The molecular formula is C14H16N2O2. The molecule has 1 saturated carbocycles. The number of ether oxygens (including phenoxy) is 1. The minimum atomic E-state index is -0.443. The monoisotopic (exact) mass is 244 g/mol. The minimum Gasteiger partial charge on any atom is -0.468 e. The van der Waals surface area contributed by atoms with Crippen molar-refractivity contribution < 1.29 is 9.53 Å². The molecule has 2 atom stereocenters. The Morgan fingerprint density at radius 2 is 2.28 bits per heavy atom. The van der Waals surface area contributed by atoms with Gasteiger partial charge in [-0.1, -0.05) is 13.0 Å². The van der Waals surface area contributed by atoms with Gasteiger partial charge in [0.2, 0.25) is 0 Å². The lowest BCUT2D eigenvalue weighted by atomic mass is 9.93. The standard InChI is InChI=1S/C14H16N2O2/c1-8-7-14(8,13(17)18-3)10-4-5-11-12(6-10)16-9(2)15-11/h4-6,8H,7H2,1-3H3,(H,15,16). The molecule has 0 amide bonds. The fourth-order valence-corrected chi connectivity index (χ4v) is 2.83. The average molecular weight is 244 g/mol. The summed E-state index contributed by atoms with van der Waals surface area (Å²) >= 11 is 0. The molecule has 1 aliphatic carbocycles. The number of H-pyrrole nitrogens is 1. The number of nitrogens with one attached hydrogen (secondary N) is 1. The van der Waals surface area contributed by atoms with Crippen LogP contribution in [-0.2, 0) is 14.9 Å². The van der Waals surface area contributed by atoms with Gasteiger partial charge in [-0.2, -0.15) is 0 Å². The first-order valence-electron chi connectivity index (χ1n) is 6.13. The van der Waals surface area contributed by atoms with E-state index >= 15 is 0 Å². The van der Waals surface area contributed by atoms with Gasteiger partial charge in [0.15, 0.2) is 0 Å². The third-order valence-corrected chi connectivity index (χ3v) is 3.97. The Kier molecular flexibility index (Phi) is 2.24. The smallest absolute Gasteiger partial charge is 0.316 e. The van der Waals surface area contributed by atoms with Gasteiger partial charge < -0.3 is 9.72 Å². The lowest BCUT2D eigenvalue weighted by Crippen LogP contribution is -2.24. The highest BCUT2D eigenvalue weighted by Crippen LogP contribution is 2.55. The highest BCUT2D eigenvalue weighted by Gasteiger charge is 2.59. The van der Waals surface area contributed by atoms with E-state index in [9.17, 15) is 4.79 Å². The van der Waals surface area contributed by atoms with E-state index in [4.69, 9.17) is 4.74 Å². The van der Waals surface area contributed by atoms with Crippen LogP contribution in [0.5, 0.6) is 0 Å². The zero-order valence-electron chi connectivity index (χ0n) is 10.8. The number of carbonyl (C=O) groups excluding carboxylic acids is 1. The topological polar surface area (TPSA) is 55.0 Å². The zero-order valence-corrected chi connectivity index (χ0v) is 10.8. The normalized spacial score (nSPS) is 26.3. The SMILES string of the molecule is COC(=O)C1(c2ccc3nc(C)[nH]c3c2)CC1C. The Balaban J connectivity index is 2.11. The lowest BCUT2D eigenvalue weighted by Gasteiger charge is -2.14. The first-order valence-corrected chi connectivity index (χ1v) is 6.13. The van der Waals surface area contributed by atoms with Crippen molar-refractivity contribution in [2.45, 2.75) is 25.7 Å². The summed E-state index contributed by atoms with van der Waals surface area (Å²) < 4.78 is 4.95. The lowest BCUT2D eigenvalue weighted by molar-refractivity contribution is -0.144. The molecule has 1 aliphatic rings. The molecule has 0 bridgehead atoms. The van der Waals surface area contributed by atoms with E-state index < -0.39 is 5.41 Å². The highest BCUT2D eigenvalue weighted by atomic mass is 16.5. The molecule has 0 saturated heterocycles. The van der Waals surface area contributed by atoms with Crippen LogP contribution in [0, 0.1) is 12.8 Å². The number of carbonyl (C=O) groups is 1. The van der Waals surface area contributed by atoms with E-state index in [1.54, 1.807) is 0 Å². The fourth-order valence-electron chi connectivity index (χ4n) is 2.83. The molecule has 4 heteroatoms. The van der Waals surface area contributed by atoms with E-state index in [0.29, 0.717) is 5.92 Å². The average Bonchev–Trinajstić information content (AvgIpc) is 2.89. The molecule has 3 rings (SSSR count). The Morgan fingerprint density at radius 1 is 1.56 bits per heavy atom. The predicted octanol–water partition coefficient (Wildman–Crippen LogP) is 2.32. The number of fused-ring (bicyclic) bond motifs is 1. The van der Waals surface area contributed by atoms with Crippen LogP contribution in [0.25, 0.3) is 11.0 Å². The van der Waals surface area contributed by atoms with Gasteiger partial charge in [0.25, 0.3) is 0 Å². The number of hydrogen-bond acceptors (Lipinski definition) is 3. The maximum absolute atomic E-state index is 12.0. The maximum Gasteiger partial charge on any atom is 0.316 e. The molecule has 1 heterocycles. The van der Waals surface area contributed by atoms with Gasteiger partial charge in [-0.3, -0.25) is 4.79 Å². The van der Waals surface area contributed by atoms with Gasteiger partial charge in [-0.15, -0.1) is 0 Å². The van der Waals surface area contributed by atoms with Crippen LogP contribution in [0.15, 0.2) is 18.2 Å². The number of esters is 1. The number of aromatic nitrogens is 2.